The van der Waals surface area contributed by atoms with Gasteiger partial charge in [0.25, 0.3) is 5.91 Å². The molecule has 8 heteroatoms. The normalized spacial score (nSPS) is 10.6. The molecule has 0 aliphatic carbocycles. The van der Waals surface area contributed by atoms with Crippen LogP contribution in [0.5, 0.6) is 17.4 Å². The summed E-state index contributed by atoms with van der Waals surface area (Å²) in [7, 11) is 0. The van der Waals surface area contributed by atoms with Crippen LogP contribution in [0.25, 0.3) is 5.82 Å². The number of hydrogen-bond acceptors (Lipinski definition) is 6. The van der Waals surface area contributed by atoms with Gasteiger partial charge in [-0.15, -0.1) is 0 Å². The summed E-state index contributed by atoms with van der Waals surface area (Å²) < 4.78 is 13.1. The highest BCUT2D eigenvalue weighted by atomic mass is 16.5. The van der Waals surface area contributed by atoms with E-state index in [1.807, 2.05) is 25.3 Å². The number of carbonyl (C=O) groups excluding carboxylic acids is 1. The zero-order valence-corrected chi connectivity index (χ0v) is 18.1. The number of anilines is 1. The van der Waals surface area contributed by atoms with Gasteiger partial charge in [0.1, 0.15) is 30.0 Å². The van der Waals surface area contributed by atoms with Crippen molar-refractivity contribution in [3.05, 3.63) is 84.2 Å². The van der Waals surface area contributed by atoms with Crippen LogP contribution < -0.4 is 14.8 Å². The number of hydrogen-bond donors (Lipinski definition) is 1. The van der Waals surface area contributed by atoms with Crippen LogP contribution in [-0.4, -0.2) is 32.0 Å². The Bertz CT molecular complexity index is 1220. The molecule has 2 aromatic heterocycles. The lowest BCUT2D eigenvalue weighted by Gasteiger charge is -2.09. The van der Waals surface area contributed by atoms with Crippen molar-refractivity contribution in [2.24, 2.45) is 0 Å². The SMILES string of the molecule is CCOc1ccc(C(=O)Nc2ccc(Oc3cc(-n4cnc(C)c4C)ncn3)cc2)cc1. The van der Waals surface area contributed by atoms with Gasteiger partial charge in [0.15, 0.2) is 0 Å². The first kappa shape index (κ1) is 21.0. The molecule has 1 N–H and O–H groups in total. The maximum absolute atomic E-state index is 12.5. The highest BCUT2D eigenvalue weighted by molar-refractivity contribution is 6.04. The number of carbonyl (C=O) groups is 1. The van der Waals surface area contributed by atoms with Crippen LogP contribution in [-0.2, 0) is 0 Å². The number of nitrogens with zero attached hydrogens (tertiary/aromatic N) is 4. The average Bonchev–Trinajstić information content (AvgIpc) is 3.14. The van der Waals surface area contributed by atoms with Crippen molar-refractivity contribution in [1.29, 1.82) is 0 Å². The van der Waals surface area contributed by atoms with Gasteiger partial charge in [-0.2, -0.15) is 0 Å². The molecule has 0 radical (unpaired) electrons. The largest absolute Gasteiger partial charge is 0.494 e. The van der Waals surface area contributed by atoms with Crippen molar-refractivity contribution in [2.75, 3.05) is 11.9 Å². The van der Waals surface area contributed by atoms with Crippen LogP contribution in [0.2, 0.25) is 0 Å². The van der Waals surface area contributed by atoms with E-state index in [9.17, 15) is 4.79 Å². The summed E-state index contributed by atoms with van der Waals surface area (Å²) in [6.07, 6.45) is 3.17. The predicted molar refractivity (Wildman–Crippen MR) is 121 cm³/mol. The van der Waals surface area contributed by atoms with Gasteiger partial charge in [0.2, 0.25) is 5.88 Å². The number of amides is 1. The van der Waals surface area contributed by atoms with Crippen LogP contribution in [0.15, 0.2) is 67.3 Å². The summed E-state index contributed by atoms with van der Waals surface area (Å²) in [6, 6.07) is 15.8. The van der Waals surface area contributed by atoms with Crippen LogP contribution in [0.3, 0.4) is 0 Å². The highest BCUT2D eigenvalue weighted by Crippen LogP contribution is 2.23. The van der Waals surface area contributed by atoms with Gasteiger partial charge in [-0.1, -0.05) is 0 Å². The van der Waals surface area contributed by atoms with Gasteiger partial charge in [0, 0.05) is 23.0 Å². The number of ether oxygens (including phenoxy) is 2. The summed E-state index contributed by atoms with van der Waals surface area (Å²) in [4.78, 5) is 25.2. The van der Waals surface area contributed by atoms with E-state index in [4.69, 9.17) is 9.47 Å². The molecular formula is C24H23N5O3. The molecule has 0 saturated heterocycles. The number of imidazole rings is 1. The van der Waals surface area contributed by atoms with Gasteiger partial charge < -0.3 is 14.8 Å². The fourth-order valence-electron chi connectivity index (χ4n) is 3.05. The molecule has 2 aromatic carbocycles. The van der Waals surface area contributed by atoms with Crippen molar-refractivity contribution >= 4 is 11.6 Å². The minimum absolute atomic E-state index is 0.201. The molecular weight excluding hydrogens is 406 g/mol. The summed E-state index contributed by atoms with van der Waals surface area (Å²) in [6.45, 7) is 6.42. The maximum Gasteiger partial charge on any atom is 0.255 e. The monoisotopic (exact) mass is 429 g/mol. The molecule has 0 saturated carbocycles. The molecule has 0 bridgehead atoms. The van der Waals surface area contributed by atoms with E-state index in [-0.39, 0.29) is 5.91 Å². The molecule has 162 valence electrons. The zero-order chi connectivity index (χ0) is 22.5. The van der Waals surface area contributed by atoms with Crippen LogP contribution in [0.1, 0.15) is 28.7 Å². The van der Waals surface area contributed by atoms with Gasteiger partial charge in [-0.3, -0.25) is 9.36 Å². The second-order valence-corrected chi connectivity index (χ2v) is 7.04. The van der Waals surface area contributed by atoms with Crippen LogP contribution in [0, 0.1) is 13.8 Å². The summed E-state index contributed by atoms with van der Waals surface area (Å²) in [5.74, 6) is 2.21. The van der Waals surface area contributed by atoms with Gasteiger partial charge >= 0.3 is 0 Å². The fraction of sp³-hybridized carbons (Fsp3) is 0.167. The number of aryl methyl sites for hydroxylation is 1. The summed E-state index contributed by atoms with van der Waals surface area (Å²) in [5, 5.41) is 2.87. The first-order valence-electron chi connectivity index (χ1n) is 10.2. The standard InChI is InChI=1S/C24H23N5O3/c1-4-31-20-9-5-18(6-10-20)24(30)28-19-7-11-21(12-8-19)32-23-13-22(25-14-26-23)29-15-27-16(2)17(29)3/h5-15H,4H2,1-3H3,(H,28,30). The second kappa shape index (κ2) is 9.30. The molecule has 0 atom stereocenters. The Hall–Kier alpha value is -4.20. The van der Waals surface area contributed by atoms with E-state index < -0.39 is 0 Å². The molecule has 0 unspecified atom stereocenters. The lowest BCUT2D eigenvalue weighted by molar-refractivity contribution is 0.102. The Labute approximate surface area is 185 Å². The van der Waals surface area contributed by atoms with Crippen molar-refractivity contribution in [3.8, 4) is 23.2 Å². The fourth-order valence-corrected chi connectivity index (χ4v) is 3.05. The highest BCUT2D eigenvalue weighted by Gasteiger charge is 2.09. The molecule has 0 fully saturated rings. The number of aromatic nitrogens is 4. The topological polar surface area (TPSA) is 91.2 Å². The molecule has 0 spiro atoms. The molecule has 2 heterocycles. The molecule has 0 aliphatic heterocycles. The second-order valence-electron chi connectivity index (χ2n) is 7.04. The Kier molecular flexibility index (Phi) is 6.12. The lowest BCUT2D eigenvalue weighted by atomic mass is 10.2. The Morgan fingerprint density at radius 3 is 2.34 bits per heavy atom. The molecule has 8 nitrogen and oxygen atoms in total. The van der Waals surface area contributed by atoms with Crippen LogP contribution >= 0.6 is 0 Å². The Morgan fingerprint density at radius 1 is 0.969 bits per heavy atom. The Morgan fingerprint density at radius 2 is 1.69 bits per heavy atom. The van der Waals surface area contributed by atoms with E-state index in [2.05, 4.69) is 20.3 Å². The quantitative estimate of drug-likeness (QED) is 0.457. The third-order valence-electron chi connectivity index (χ3n) is 4.89. The van der Waals surface area contributed by atoms with Crippen molar-refractivity contribution in [1.82, 2.24) is 19.5 Å². The maximum atomic E-state index is 12.5. The number of nitrogens with one attached hydrogen (secondary N) is 1. The van der Waals surface area contributed by atoms with Gasteiger partial charge in [-0.05, 0) is 69.3 Å². The third kappa shape index (κ3) is 4.75. The van der Waals surface area contributed by atoms with E-state index in [1.165, 1.54) is 6.33 Å². The van der Waals surface area contributed by atoms with Crippen LogP contribution in [0.4, 0.5) is 5.69 Å². The van der Waals surface area contributed by atoms with Gasteiger partial charge in [0.05, 0.1) is 12.3 Å². The van der Waals surface area contributed by atoms with E-state index in [0.29, 0.717) is 35.3 Å². The molecule has 32 heavy (non-hydrogen) atoms. The molecule has 1 amide bonds. The van der Waals surface area contributed by atoms with Crippen molar-refractivity contribution < 1.29 is 14.3 Å². The third-order valence-corrected chi connectivity index (χ3v) is 4.89. The minimum Gasteiger partial charge on any atom is -0.494 e. The first-order valence-corrected chi connectivity index (χ1v) is 10.2. The lowest BCUT2D eigenvalue weighted by Crippen LogP contribution is -2.11. The first-order chi connectivity index (χ1) is 15.5. The number of benzene rings is 2. The summed E-state index contributed by atoms with van der Waals surface area (Å²) in [5.41, 5.74) is 3.15. The molecule has 4 aromatic rings. The van der Waals surface area contributed by atoms with E-state index >= 15 is 0 Å². The number of rotatable bonds is 7. The minimum atomic E-state index is -0.201. The van der Waals surface area contributed by atoms with Crippen molar-refractivity contribution in [2.45, 2.75) is 20.8 Å². The molecule has 4 rings (SSSR count). The van der Waals surface area contributed by atoms with E-state index in [1.54, 1.807) is 60.9 Å². The van der Waals surface area contributed by atoms with E-state index in [0.717, 1.165) is 17.1 Å². The van der Waals surface area contributed by atoms with Crippen molar-refractivity contribution in [3.63, 3.8) is 0 Å². The predicted octanol–water partition coefficient (Wildman–Crippen LogP) is 4.72. The van der Waals surface area contributed by atoms with Gasteiger partial charge in [-0.25, -0.2) is 15.0 Å². The Balaban J connectivity index is 1.41. The smallest absolute Gasteiger partial charge is 0.255 e. The summed E-state index contributed by atoms with van der Waals surface area (Å²) >= 11 is 0. The average molecular weight is 429 g/mol. The molecule has 0 aliphatic rings. The zero-order valence-electron chi connectivity index (χ0n) is 18.1.